The quantitative estimate of drug-likeness (QED) is 0.400. The summed E-state index contributed by atoms with van der Waals surface area (Å²) in [6, 6.07) is 20.0. The molecule has 0 amide bonds. The van der Waals surface area contributed by atoms with Crippen molar-refractivity contribution in [3.8, 4) is 28.3 Å². The van der Waals surface area contributed by atoms with Crippen LogP contribution in [0.1, 0.15) is 16.1 Å². The maximum Gasteiger partial charge on any atom is 0.358 e. The number of nitrogens with zero attached hydrogens (tertiary/aromatic N) is 3. The molecule has 0 saturated carbocycles. The number of hydrogen-bond donors (Lipinski definition) is 2. The van der Waals surface area contributed by atoms with Crippen LogP contribution in [0.3, 0.4) is 0 Å². The molecule has 0 bridgehead atoms. The Morgan fingerprint density at radius 1 is 1.03 bits per heavy atom. The number of hydrogen-bond acceptors (Lipinski definition) is 6. The first-order valence-electron chi connectivity index (χ1n) is 10.1. The molecule has 0 spiro atoms. The third-order valence-corrected chi connectivity index (χ3v) is 5.95. The average molecular weight is 455 g/mol. The molecule has 8 heteroatoms. The van der Waals surface area contributed by atoms with Gasteiger partial charge in [-0.2, -0.15) is 0 Å². The van der Waals surface area contributed by atoms with Crippen molar-refractivity contribution in [1.82, 2.24) is 14.5 Å². The van der Waals surface area contributed by atoms with E-state index in [1.165, 1.54) is 22.0 Å². The lowest BCUT2D eigenvalue weighted by molar-refractivity contribution is 0.0687. The molecule has 0 atom stereocenters. The fourth-order valence-corrected chi connectivity index (χ4v) is 4.38. The highest BCUT2D eigenvalue weighted by atomic mass is 32.1. The lowest BCUT2D eigenvalue weighted by Gasteiger charge is -2.17. The van der Waals surface area contributed by atoms with Gasteiger partial charge in [0.15, 0.2) is 11.4 Å². The minimum Gasteiger partial charge on any atom is -0.505 e. The minimum absolute atomic E-state index is 0.210. The van der Waals surface area contributed by atoms with Crippen molar-refractivity contribution in [2.75, 3.05) is 0 Å². The van der Waals surface area contributed by atoms with Gasteiger partial charge in [0.2, 0.25) is 0 Å². The molecule has 162 valence electrons. The molecule has 0 unspecified atom stereocenters. The topological polar surface area (TPSA) is 105 Å². The summed E-state index contributed by atoms with van der Waals surface area (Å²) < 4.78 is 1.53. The first-order chi connectivity index (χ1) is 16.0. The van der Waals surface area contributed by atoms with Gasteiger partial charge in [0.05, 0.1) is 17.6 Å². The third-order valence-electron chi connectivity index (χ3n) is 5.36. The van der Waals surface area contributed by atoms with E-state index in [-0.39, 0.29) is 23.2 Å². The second kappa shape index (κ2) is 8.33. The minimum atomic E-state index is -1.37. The van der Waals surface area contributed by atoms with Gasteiger partial charge in [-0.15, -0.1) is 11.3 Å². The molecule has 0 aliphatic carbocycles. The van der Waals surface area contributed by atoms with Crippen LogP contribution in [0.25, 0.3) is 33.4 Å². The molecule has 0 aliphatic rings. The van der Waals surface area contributed by atoms with Crippen LogP contribution in [0.15, 0.2) is 82.4 Å². The van der Waals surface area contributed by atoms with E-state index in [1.54, 1.807) is 23.0 Å². The third kappa shape index (κ3) is 3.66. The summed E-state index contributed by atoms with van der Waals surface area (Å²) in [6.07, 6.45) is 0. The van der Waals surface area contributed by atoms with Gasteiger partial charge in [-0.1, -0.05) is 60.7 Å². The van der Waals surface area contributed by atoms with Crippen molar-refractivity contribution >= 4 is 28.2 Å². The van der Waals surface area contributed by atoms with Crippen LogP contribution in [0.4, 0.5) is 0 Å². The molecule has 0 fully saturated rings. The van der Waals surface area contributed by atoms with Crippen LogP contribution >= 0.6 is 11.3 Å². The number of carbonyl (C=O) groups is 1. The molecule has 7 nitrogen and oxygen atoms in total. The number of pyridine rings is 2. The summed E-state index contributed by atoms with van der Waals surface area (Å²) in [5.41, 5.74) is 3.71. The number of aromatic carboxylic acids is 1. The Balaban J connectivity index is 1.94. The van der Waals surface area contributed by atoms with Crippen molar-refractivity contribution in [2.45, 2.75) is 6.54 Å². The van der Waals surface area contributed by atoms with E-state index in [9.17, 15) is 19.8 Å². The van der Waals surface area contributed by atoms with Gasteiger partial charge in [0.25, 0.3) is 5.56 Å². The SMILES string of the molecule is O=C(O)c1nc(-c2cscn2)c2c(cc(-c3ccccc3)c(=O)n2Cc2ccccc2)c1O. The van der Waals surface area contributed by atoms with Gasteiger partial charge in [-0.05, 0) is 17.2 Å². The van der Waals surface area contributed by atoms with Crippen LogP contribution in [-0.2, 0) is 6.54 Å². The predicted octanol–water partition coefficient (Wildman–Crippen LogP) is 4.64. The molecule has 2 N–H and O–H groups in total. The summed E-state index contributed by atoms with van der Waals surface area (Å²) in [6.45, 7) is 0.210. The van der Waals surface area contributed by atoms with Gasteiger partial charge < -0.3 is 14.8 Å². The molecule has 3 heterocycles. The molecule has 0 radical (unpaired) electrons. The Hall–Kier alpha value is -4.30. The molecular formula is C25H17N3O4S. The number of benzene rings is 2. The lowest BCUT2D eigenvalue weighted by atomic mass is 10.0. The standard InChI is InChI=1S/C25H17N3O4S/c29-23-18-11-17(16-9-5-2-6-10-16)24(30)28(12-15-7-3-1-4-8-15)22(18)20(19-13-33-14-26-19)27-21(23)25(31)32/h1-11,13-14,29H,12H2,(H,31,32). The van der Waals surface area contributed by atoms with Crippen molar-refractivity contribution in [3.05, 3.63) is 99.2 Å². The molecule has 0 saturated heterocycles. The van der Waals surface area contributed by atoms with Crippen LogP contribution in [0.2, 0.25) is 0 Å². The Morgan fingerprint density at radius 2 is 1.73 bits per heavy atom. The highest BCUT2D eigenvalue weighted by Crippen LogP contribution is 2.36. The van der Waals surface area contributed by atoms with Crippen molar-refractivity contribution < 1.29 is 15.0 Å². The van der Waals surface area contributed by atoms with E-state index < -0.39 is 17.4 Å². The van der Waals surface area contributed by atoms with Crippen LogP contribution in [0.5, 0.6) is 5.75 Å². The number of thiazole rings is 1. The van der Waals surface area contributed by atoms with Crippen molar-refractivity contribution in [1.29, 1.82) is 0 Å². The van der Waals surface area contributed by atoms with Gasteiger partial charge >= 0.3 is 5.97 Å². The smallest absolute Gasteiger partial charge is 0.358 e. The van der Waals surface area contributed by atoms with Crippen LogP contribution in [-0.4, -0.2) is 30.7 Å². The predicted molar refractivity (Wildman–Crippen MR) is 127 cm³/mol. The highest BCUT2D eigenvalue weighted by Gasteiger charge is 2.24. The maximum atomic E-state index is 13.8. The van der Waals surface area contributed by atoms with Crippen LogP contribution < -0.4 is 5.56 Å². The van der Waals surface area contributed by atoms with E-state index in [0.717, 1.165) is 5.56 Å². The summed E-state index contributed by atoms with van der Waals surface area (Å²) in [5.74, 6) is -1.86. The lowest BCUT2D eigenvalue weighted by Crippen LogP contribution is -2.24. The molecule has 2 aromatic carbocycles. The Kier molecular flexibility index (Phi) is 5.20. The fourth-order valence-electron chi connectivity index (χ4n) is 3.85. The number of carboxylic acids is 1. The van der Waals surface area contributed by atoms with E-state index >= 15 is 0 Å². The summed E-state index contributed by atoms with van der Waals surface area (Å²) >= 11 is 1.33. The summed E-state index contributed by atoms with van der Waals surface area (Å²) in [5, 5.41) is 22.6. The Morgan fingerprint density at radius 3 is 2.36 bits per heavy atom. The Bertz CT molecular complexity index is 1530. The molecule has 5 aromatic rings. The number of aromatic hydroxyl groups is 1. The first-order valence-corrected chi connectivity index (χ1v) is 11.0. The normalized spacial score (nSPS) is 11.0. The van der Waals surface area contributed by atoms with Gasteiger partial charge in [0.1, 0.15) is 11.4 Å². The average Bonchev–Trinajstić information content (AvgIpc) is 3.37. The number of aromatic nitrogens is 3. The molecular weight excluding hydrogens is 438 g/mol. The van der Waals surface area contributed by atoms with Crippen molar-refractivity contribution in [2.24, 2.45) is 0 Å². The second-order valence-electron chi connectivity index (χ2n) is 7.40. The number of rotatable bonds is 5. The maximum absolute atomic E-state index is 13.8. The first kappa shape index (κ1) is 20.6. The van der Waals surface area contributed by atoms with Gasteiger partial charge in [-0.25, -0.2) is 14.8 Å². The van der Waals surface area contributed by atoms with E-state index in [4.69, 9.17) is 0 Å². The number of carboxylic acid groups (broad SMARTS) is 1. The molecule has 3 aromatic heterocycles. The Labute approximate surface area is 191 Å². The van der Waals surface area contributed by atoms with E-state index in [1.807, 2.05) is 48.5 Å². The highest BCUT2D eigenvalue weighted by molar-refractivity contribution is 7.07. The summed E-state index contributed by atoms with van der Waals surface area (Å²) in [7, 11) is 0. The number of fused-ring (bicyclic) bond motifs is 1. The van der Waals surface area contributed by atoms with Gasteiger partial charge in [-0.3, -0.25) is 4.79 Å². The van der Waals surface area contributed by atoms with Crippen LogP contribution in [0, 0.1) is 0 Å². The van der Waals surface area contributed by atoms with E-state index in [0.29, 0.717) is 22.3 Å². The van der Waals surface area contributed by atoms with Gasteiger partial charge in [0, 0.05) is 16.3 Å². The fraction of sp³-hybridized carbons (Fsp3) is 0.0400. The second-order valence-corrected chi connectivity index (χ2v) is 8.12. The molecule has 0 aliphatic heterocycles. The zero-order valence-corrected chi connectivity index (χ0v) is 18.0. The zero-order valence-electron chi connectivity index (χ0n) is 17.2. The summed E-state index contributed by atoms with van der Waals surface area (Å²) in [4.78, 5) is 34.1. The molecule has 33 heavy (non-hydrogen) atoms. The zero-order chi connectivity index (χ0) is 22.9. The largest absolute Gasteiger partial charge is 0.505 e. The van der Waals surface area contributed by atoms with E-state index in [2.05, 4.69) is 9.97 Å². The van der Waals surface area contributed by atoms with Crippen molar-refractivity contribution in [3.63, 3.8) is 0 Å². The monoisotopic (exact) mass is 455 g/mol. The molecule has 5 rings (SSSR count).